The lowest BCUT2D eigenvalue weighted by Gasteiger charge is -1.95. The fraction of sp³-hybridized carbons (Fsp3) is 0. The smallest absolute Gasteiger partial charge is 0.135 e. The summed E-state index contributed by atoms with van der Waals surface area (Å²) in [4.78, 5) is 0. The summed E-state index contributed by atoms with van der Waals surface area (Å²) in [6, 6.07) is 16.2. The van der Waals surface area contributed by atoms with Crippen LogP contribution in [0.4, 0.5) is 0 Å². The molecule has 0 bridgehead atoms. The Morgan fingerprint density at radius 3 is 2.19 bits per heavy atom. The van der Waals surface area contributed by atoms with E-state index in [-0.39, 0.29) is 0 Å². The molecule has 0 aliphatic carbocycles. The SMILES string of the molecule is c1ccc(-c2ccc(-c3ccsc3)o2)cc1. The summed E-state index contributed by atoms with van der Waals surface area (Å²) in [5, 5.41) is 4.15. The van der Waals surface area contributed by atoms with Crippen LogP contribution in [-0.4, -0.2) is 0 Å². The molecular formula is C14H10OS. The monoisotopic (exact) mass is 226 g/mol. The molecule has 0 atom stereocenters. The predicted octanol–water partition coefficient (Wildman–Crippen LogP) is 4.68. The molecule has 0 radical (unpaired) electrons. The first kappa shape index (κ1) is 9.43. The van der Waals surface area contributed by atoms with Crippen LogP contribution in [0.1, 0.15) is 0 Å². The summed E-state index contributed by atoms with van der Waals surface area (Å²) in [6.07, 6.45) is 0. The number of thiophene rings is 1. The molecule has 1 nitrogen and oxygen atoms in total. The summed E-state index contributed by atoms with van der Waals surface area (Å²) in [5.74, 6) is 1.85. The highest BCUT2D eigenvalue weighted by molar-refractivity contribution is 7.08. The standard InChI is InChI=1S/C14H10OS/c1-2-4-11(5-3-1)13-6-7-14(15-13)12-8-9-16-10-12/h1-10H. The molecule has 2 heteroatoms. The highest BCUT2D eigenvalue weighted by Crippen LogP contribution is 2.29. The lowest BCUT2D eigenvalue weighted by molar-refractivity contribution is 0.598. The Labute approximate surface area is 98.0 Å². The van der Waals surface area contributed by atoms with E-state index in [2.05, 4.69) is 29.0 Å². The van der Waals surface area contributed by atoms with Crippen molar-refractivity contribution in [2.24, 2.45) is 0 Å². The van der Waals surface area contributed by atoms with Gasteiger partial charge in [0.1, 0.15) is 11.5 Å². The van der Waals surface area contributed by atoms with Crippen LogP contribution in [-0.2, 0) is 0 Å². The largest absolute Gasteiger partial charge is 0.456 e. The first-order valence-electron chi connectivity index (χ1n) is 5.11. The maximum absolute atomic E-state index is 5.82. The second kappa shape index (κ2) is 3.99. The van der Waals surface area contributed by atoms with E-state index >= 15 is 0 Å². The molecule has 0 N–H and O–H groups in total. The number of rotatable bonds is 2. The third-order valence-electron chi connectivity index (χ3n) is 2.47. The van der Waals surface area contributed by atoms with Crippen molar-refractivity contribution < 1.29 is 4.42 Å². The number of benzene rings is 1. The molecule has 1 aromatic carbocycles. The highest BCUT2D eigenvalue weighted by atomic mass is 32.1. The van der Waals surface area contributed by atoms with Crippen LogP contribution in [0.25, 0.3) is 22.6 Å². The number of hydrogen-bond donors (Lipinski definition) is 0. The van der Waals surface area contributed by atoms with E-state index in [9.17, 15) is 0 Å². The summed E-state index contributed by atoms with van der Waals surface area (Å²) in [6.45, 7) is 0. The zero-order valence-corrected chi connectivity index (χ0v) is 9.41. The van der Waals surface area contributed by atoms with E-state index < -0.39 is 0 Å². The minimum atomic E-state index is 0.918. The van der Waals surface area contributed by atoms with Crippen molar-refractivity contribution >= 4 is 11.3 Å². The molecule has 3 rings (SSSR count). The van der Waals surface area contributed by atoms with Gasteiger partial charge in [0.15, 0.2) is 0 Å². The summed E-state index contributed by atoms with van der Waals surface area (Å²) in [7, 11) is 0. The molecule has 0 amide bonds. The van der Waals surface area contributed by atoms with Gasteiger partial charge >= 0.3 is 0 Å². The van der Waals surface area contributed by atoms with E-state index in [4.69, 9.17) is 4.42 Å². The zero-order valence-electron chi connectivity index (χ0n) is 8.59. The van der Waals surface area contributed by atoms with Gasteiger partial charge in [-0.3, -0.25) is 0 Å². The average Bonchev–Trinajstić information content (AvgIpc) is 3.01. The molecular weight excluding hydrogens is 216 g/mol. The molecule has 2 aromatic heterocycles. The van der Waals surface area contributed by atoms with Crippen molar-refractivity contribution in [2.45, 2.75) is 0 Å². The van der Waals surface area contributed by atoms with Crippen LogP contribution in [0.15, 0.2) is 63.7 Å². The van der Waals surface area contributed by atoms with Gasteiger partial charge in [-0.1, -0.05) is 30.3 Å². The lowest BCUT2D eigenvalue weighted by atomic mass is 10.2. The number of furan rings is 1. The summed E-state index contributed by atoms with van der Waals surface area (Å²) < 4.78 is 5.82. The van der Waals surface area contributed by atoms with Gasteiger partial charge in [0.2, 0.25) is 0 Å². The van der Waals surface area contributed by atoms with Crippen molar-refractivity contribution in [3.8, 4) is 22.6 Å². The maximum Gasteiger partial charge on any atom is 0.135 e. The molecule has 2 heterocycles. The van der Waals surface area contributed by atoms with E-state index in [0.717, 1.165) is 22.6 Å². The zero-order chi connectivity index (χ0) is 10.8. The molecule has 78 valence electrons. The highest BCUT2D eigenvalue weighted by Gasteiger charge is 2.06. The van der Waals surface area contributed by atoms with Crippen LogP contribution in [0.5, 0.6) is 0 Å². The Morgan fingerprint density at radius 2 is 1.50 bits per heavy atom. The van der Waals surface area contributed by atoms with Crippen molar-refractivity contribution in [3.63, 3.8) is 0 Å². The second-order valence-electron chi connectivity index (χ2n) is 3.54. The van der Waals surface area contributed by atoms with Gasteiger partial charge in [-0.15, -0.1) is 0 Å². The lowest BCUT2D eigenvalue weighted by Crippen LogP contribution is -1.70. The Morgan fingerprint density at radius 1 is 0.750 bits per heavy atom. The quantitative estimate of drug-likeness (QED) is 0.618. The first-order valence-corrected chi connectivity index (χ1v) is 6.05. The van der Waals surface area contributed by atoms with E-state index in [1.165, 1.54) is 0 Å². The minimum Gasteiger partial charge on any atom is -0.456 e. The summed E-state index contributed by atoms with van der Waals surface area (Å²) >= 11 is 1.68. The molecule has 16 heavy (non-hydrogen) atoms. The topological polar surface area (TPSA) is 13.1 Å². The van der Waals surface area contributed by atoms with Crippen LogP contribution in [0.3, 0.4) is 0 Å². The Balaban J connectivity index is 2.00. The third kappa shape index (κ3) is 1.68. The Kier molecular flexibility index (Phi) is 2.35. The molecule has 0 spiro atoms. The van der Waals surface area contributed by atoms with Crippen molar-refractivity contribution in [1.29, 1.82) is 0 Å². The first-order chi connectivity index (χ1) is 7.93. The molecule has 0 saturated heterocycles. The van der Waals surface area contributed by atoms with Crippen LogP contribution >= 0.6 is 11.3 Å². The molecule has 0 fully saturated rings. The van der Waals surface area contributed by atoms with Crippen molar-refractivity contribution in [3.05, 3.63) is 59.3 Å². The third-order valence-corrected chi connectivity index (χ3v) is 3.15. The molecule has 0 aliphatic heterocycles. The fourth-order valence-electron chi connectivity index (χ4n) is 1.66. The van der Waals surface area contributed by atoms with Crippen molar-refractivity contribution in [2.75, 3.05) is 0 Å². The fourth-order valence-corrected chi connectivity index (χ4v) is 2.30. The second-order valence-corrected chi connectivity index (χ2v) is 4.32. The normalized spacial score (nSPS) is 10.5. The minimum absolute atomic E-state index is 0.918. The van der Waals surface area contributed by atoms with Gasteiger partial charge in [0.05, 0.1) is 0 Å². The Bertz CT molecular complexity index is 564. The van der Waals surface area contributed by atoms with Crippen molar-refractivity contribution in [1.82, 2.24) is 0 Å². The van der Waals surface area contributed by atoms with E-state index in [0.29, 0.717) is 0 Å². The molecule has 0 saturated carbocycles. The molecule has 3 aromatic rings. The van der Waals surface area contributed by atoms with Crippen LogP contribution in [0.2, 0.25) is 0 Å². The van der Waals surface area contributed by atoms with Gasteiger partial charge in [0, 0.05) is 16.5 Å². The maximum atomic E-state index is 5.82. The molecule has 0 unspecified atom stereocenters. The van der Waals surface area contributed by atoms with Crippen LogP contribution in [0, 0.1) is 0 Å². The van der Waals surface area contributed by atoms with Gasteiger partial charge in [-0.05, 0) is 23.6 Å². The van der Waals surface area contributed by atoms with E-state index in [1.54, 1.807) is 11.3 Å². The van der Waals surface area contributed by atoms with Gasteiger partial charge in [0.25, 0.3) is 0 Å². The van der Waals surface area contributed by atoms with E-state index in [1.807, 2.05) is 30.3 Å². The predicted molar refractivity (Wildman–Crippen MR) is 67.5 cm³/mol. The van der Waals surface area contributed by atoms with Gasteiger partial charge in [-0.25, -0.2) is 0 Å². The van der Waals surface area contributed by atoms with Gasteiger partial charge < -0.3 is 4.42 Å². The molecule has 0 aliphatic rings. The average molecular weight is 226 g/mol. The van der Waals surface area contributed by atoms with Gasteiger partial charge in [-0.2, -0.15) is 11.3 Å². The summed E-state index contributed by atoms with van der Waals surface area (Å²) in [5.41, 5.74) is 2.26. The number of hydrogen-bond acceptors (Lipinski definition) is 2. The Hall–Kier alpha value is -1.80. The van der Waals surface area contributed by atoms with Crippen LogP contribution < -0.4 is 0 Å².